The summed E-state index contributed by atoms with van der Waals surface area (Å²) in [5, 5.41) is 9.08. The minimum absolute atomic E-state index is 0.171. The molecule has 0 bridgehead atoms. The van der Waals surface area contributed by atoms with Crippen LogP contribution in [0, 0.1) is 0 Å². The van der Waals surface area contributed by atoms with Gasteiger partial charge >= 0.3 is 0 Å². The van der Waals surface area contributed by atoms with E-state index in [-0.39, 0.29) is 6.04 Å². The highest BCUT2D eigenvalue weighted by Crippen LogP contribution is 2.33. The van der Waals surface area contributed by atoms with E-state index in [0.29, 0.717) is 6.04 Å². The second-order valence-corrected chi connectivity index (χ2v) is 6.59. The van der Waals surface area contributed by atoms with Crippen molar-refractivity contribution < 1.29 is 0 Å². The summed E-state index contributed by atoms with van der Waals surface area (Å²) in [6, 6.07) is 0.591. The molecule has 19 heavy (non-hydrogen) atoms. The van der Waals surface area contributed by atoms with Gasteiger partial charge in [0.05, 0.1) is 17.9 Å². The van der Waals surface area contributed by atoms with Crippen molar-refractivity contribution in [1.82, 2.24) is 20.1 Å². The molecule has 1 aliphatic rings. The van der Waals surface area contributed by atoms with E-state index in [1.54, 1.807) is 0 Å². The molecule has 1 atom stereocenters. The van der Waals surface area contributed by atoms with E-state index in [0.717, 1.165) is 6.42 Å². The highest BCUT2D eigenvalue weighted by atomic mass is 32.1. The molecular weight excluding hydrogens is 256 g/mol. The smallest absolute Gasteiger partial charge is 0.115 e. The van der Waals surface area contributed by atoms with Crippen LogP contribution in [0.3, 0.4) is 0 Å². The number of thiazole rings is 1. The molecule has 0 aromatic carbocycles. The van der Waals surface area contributed by atoms with Crippen molar-refractivity contribution >= 4 is 11.3 Å². The van der Waals surface area contributed by atoms with Crippen LogP contribution in [0.5, 0.6) is 0 Å². The molecule has 0 saturated carbocycles. The molecule has 2 aromatic heterocycles. The quantitative estimate of drug-likeness (QED) is 0.933. The minimum Gasteiger partial charge on any atom is -0.302 e. The number of aryl methyl sites for hydroxylation is 3. The fourth-order valence-corrected chi connectivity index (χ4v) is 3.81. The minimum atomic E-state index is 0.171. The summed E-state index contributed by atoms with van der Waals surface area (Å²) in [6.07, 6.45) is 7.63. The maximum Gasteiger partial charge on any atom is 0.115 e. The van der Waals surface area contributed by atoms with Crippen molar-refractivity contribution in [2.24, 2.45) is 7.05 Å². The fraction of sp³-hybridized carbons (Fsp3) is 0.571. The molecule has 0 aliphatic heterocycles. The first-order chi connectivity index (χ1) is 9.13. The first-order valence-corrected chi connectivity index (χ1v) is 7.68. The highest BCUT2D eigenvalue weighted by Gasteiger charge is 2.24. The lowest BCUT2D eigenvalue weighted by Crippen LogP contribution is -2.28. The number of fused-ring (bicyclic) bond motifs is 1. The van der Waals surface area contributed by atoms with Gasteiger partial charge in [0.1, 0.15) is 5.01 Å². The second kappa shape index (κ2) is 5.06. The van der Waals surface area contributed by atoms with Crippen LogP contribution in [-0.4, -0.2) is 20.8 Å². The zero-order valence-corrected chi connectivity index (χ0v) is 12.5. The Morgan fingerprint density at radius 3 is 2.84 bits per heavy atom. The molecular formula is C14H20N4S. The predicted molar refractivity (Wildman–Crippen MR) is 77.5 cm³/mol. The van der Waals surface area contributed by atoms with E-state index in [2.05, 4.69) is 30.5 Å². The first-order valence-electron chi connectivity index (χ1n) is 6.86. The van der Waals surface area contributed by atoms with Crippen LogP contribution in [0.2, 0.25) is 0 Å². The average Bonchev–Trinajstić information content (AvgIpc) is 2.99. The van der Waals surface area contributed by atoms with Gasteiger partial charge in [0.25, 0.3) is 0 Å². The van der Waals surface area contributed by atoms with Crippen LogP contribution in [-0.2, 0) is 19.9 Å². The molecule has 4 nitrogen and oxygen atoms in total. The third-order valence-electron chi connectivity index (χ3n) is 3.42. The van der Waals surface area contributed by atoms with Crippen LogP contribution in [0.15, 0.2) is 12.4 Å². The lowest BCUT2D eigenvalue weighted by atomic mass is 10.1. The van der Waals surface area contributed by atoms with E-state index in [1.165, 1.54) is 34.0 Å². The van der Waals surface area contributed by atoms with Gasteiger partial charge in [-0.25, -0.2) is 4.98 Å². The standard InChI is InChI=1S/C14H20N4S/c1-9(2)16-13(10-7-15-18(3)8-10)14-17-11-5-4-6-12(11)19-14/h7-9,13,16H,4-6H2,1-3H3. The third-order valence-corrected chi connectivity index (χ3v) is 4.64. The normalized spacial score (nSPS) is 16.0. The molecule has 2 heterocycles. The van der Waals surface area contributed by atoms with Crippen molar-refractivity contribution in [3.63, 3.8) is 0 Å². The topological polar surface area (TPSA) is 42.7 Å². The Morgan fingerprint density at radius 1 is 1.37 bits per heavy atom. The summed E-state index contributed by atoms with van der Waals surface area (Å²) >= 11 is 1.87. The molecule has 0 amide bonds. The molecule has 2 aromatic rings. The molecule has 1 aliphatic carbocycles. The molecule has 3 rings (SSSR count). The Labute approximate surface area is 117 Å². The number of hydrogen-bond acceptors (Lipinski definition) is 4. The number of aromatic nitrogens is 3. The summed E-state index contributed by atoms with van der Waals surface area (Å²) in [6.45, 7) is 4.34. The molecule has 102 valence electrons. The molecule has 0 radical (unpaired) electrons. The Bertz CT molecular complexity index is 548. The number of hydrogen-bond donors (Lipinski definition) is 1. The van der Waals surface area contributed by atoms with Crippen molar-refractivity contribution in [2.45, 2.75) is 45.2 Å². The van der Waals surface area contributed by atoms with Gasteiger partial charge in [-0.2, -0.15) is 5.10 Å². The lowest BCUT2D eigenvalue weighted by Gasteiger charge is -2.18. The van der Waals surface area contributed by atoms with Gasteiger partial charge in [-0.3, -0.25) is 4.68 Å². The fourth-order valence-electron chi connectivity index (χ4n) is 2.57. The maximum absolute atomic E-state index is 4.85. The number of rotatable bonds is 4. The SMILES string of the molecule is CC(C)NC(c1cnn(C)c1)c1nc2c(s1)CCC2. The summed E-state index contributed by atoms with van der Waals surface area (Å²) in [7, 11) is 1.96. The van der Waals surface area contributed by atoms with Gasteiger partial charge in [-0.05, 0) is 33.1 Å². The van der Waals surface area contributed by atoms with Crippen molar-refractivity contribution in [1.29, 1.82) is 0 Å². The van der Waals surface area contributed by atoms with Crippen LogP contribution >= 0.6 is 11.3 Å². The van der Waals surface area contributed by atoms with Gasteiger partial charge in [0, 0.05) is 29.7 Å². The lowest BCUT2D eigenvalue weighted by molar-refractivity contribution is 0.526. The van der Waals surface area contributed by atoms with Crippen molar-refractivity contribution in [2.75, 3.05) is 0 Å². The van der Waals surface area contributed by atoms with E-state index >= 15 is 0 Å². The monoisotopic (exact) mass is 276 g/mol. The van der Waals surface area contributed by atoms with E-state index < -0.39 is 0 Å². The zero-order valence-electron chi connectivity index (χ0n) is 11.7. The summed E-state index contributed by atoms with van der Waals surface area (Å²) in [5.74, 6) is 0. The van der Waals surface area contributed by atoms with E-state index in [9.17, 15) is 0 Å². The van der Waals surface area contributed by atoms with Crippen LogP contribution in [0.1, 0.15) is 47.5 Å². The summed E-state index contributed by atoms with van der Waals surface area (Å²) < 4.78 is 1.85. The van der Waals surface area contributed by atoms with Gasteiger partial charge in [-0.15, -0.1) is 11.3 Å². The van der Waals surface area contributed by atoms with Crippen molar-refractivity contribution in [3.8, 4) is 0 Å². The van der Waals surface area contributed by atoms with Gasteiger partial charge < -0.3 is 5.32 Å². The summed E-state index contributed by atoms with van der Waals surface area (Å²) in [4.78, 5) is 6.33. The van der Waals surface area contributed by atoms with E-state index in [4.69, 9.17) is 4.98 Å². The molecule has 1 unspecified atom stereocenters. The Hall–Kier alpha value is -1.20. The Kier molecular flexibility index (Phi) is 3.41. The van der Waals surface area contributed by atoms with Crippen LogP contribution in [0.4, 0.5) is 0 Å². The van der Waals surface area contributed by atoms with Crippen molar-refractivity contribution in [3.05, 3.63) is 33.5 Å². The average molecular weight is 276 g/mol. The number of nitrogens with zero attached hydrogens (tertiary/aromatic N) is 3. The predicted octanol–water partition coefficient (Wildman–Crippen LogP) is 2.45. The second-order valence-electron chi connectivity index (χ2n) is 5.48. The van der Waals surface area contributed by atoms with Crippen LogP contribution in [0.25, 0.3) is 0 Å². The Morgan fingerprint density at radius 2 is 2.21 bits per heavy atom. The molecule has 0 spiro atoms. The van der Waals surface area contributed by atoms with Gasteiger partial charge in [-0.1, -0.05) is 0 Å². The highest BCUT2D eigenvalue weighted by molar-refractivity contribution is 7.11. The van der Waals surface area contributed by atoms with Crippen LogP contribution < -0.4 is 5.32 Å². The first kappa shape index (κ1) is 12.8. The zero-order chi connectivity index (χ0) is 13.4. The van der Waals surface area contributed by atoms with Gasteiger partial charge in [0.2, 0.25) is 0 Å². The molecule has 0 fully saturated rings. The third kappa shape index (κ3) is 2.58. The molecule has 5 heteroatoms. The largest absolute Gasteiger partial charge is 0.302 e. The Balaban J connectivity index is 1.93. The van der Waals surface area contributed by atoms with Gasteiger partial charge in [0.15, 0.2) is 0 Å². The number of nitrogens with one attached hydrogen (secondary N) is 1. The maximum atomic E-state index is 4.85. The summed E-state index contributed by atoms with van der Waals surface area (Å²) in [5.41, 5.74) is 2.52. The molecule has 1 N–H and O–H groups in total. The van der Waals surface area contributed by atoms with E-state index in [1.807, 2.05) is 29.3 Å². The molecule has 0 saturated heterocycles.